The SMILES string of the molecule is CCN(C(=O)C1(CN)CCCCC1)C(C)(C)C(=O)O. The number of aliphatic carboxylic acids is 1. The van der Waals surface area contributed by atoms with Gasteiger partial charge in [-0.3, -0.25) is 4.79 Å². The summed E-state index contributed by atoms with van der Waals surface area (Å²) in [6, 6.07) is 0. The van der Waals surface area contributed by atoms with Gasteiger partial charge in [-0.25, -0.2) is 4.79 Å². The normalized spacial score (nSPS) is 18.9. The minimum Gasteiger partial charge on any atom is -0.480 e. The lowest BCUT2D eigenvalue weighted by Gasteiger charge is -2.43. The molecule has 5 heteroatoms. The lowest BCUT2D eigenvalue weighted by Crippen LogP contribution is -2.59. The molecule has 1 saturated carbocycles. The Morgan fingerprint density at radius 1 is 1.26 bits per heavy atom. The van der Waals surface area contributed by atoms with Crippen molar-refractivity contribution in [3.8, 4) is 0 Å². The van der Waals surface area contributed by atoms with E-state index in [1.165, 1.54) is 4.90 Å². The summed E-state index contributed by atoms with van der Waals surface area (Å²) in [7, 11) is 0. The third-order valence-electron chi connectivity index (χ3n) is 4.41. The Hall–Kier alpha value is -1.10. The van der Waals surface area contributed by atoms with Gasteiger partial charge in [0.2, 0.25) is 5.91 Å². The monoisotopic (exact) mass is 270 g/mol. The van der Waals surface area contributed by atoms with Gasteiger partial charge in [-0.15, -0.1) is 0 Å². The number of nitrogens with zero attached hydrogens (tertiary/aromatic N) is 1. The van der Waals surface area contributed by atoms with Crippen molar-refractivity contribution < 1.29 is 14.7 Å². The summed E-state index contributed by atoms with van der Waals surface area (Å²) in [5.74, 6) is -1.07. The van der Waals surface area contributed by atoms with E-state index < -0.39 is 16.9 Å². The number of carbonyl (C=O) groups is 2. The molecule has 1 fully saturated rings. The Kier molecular flexibility index (Phi) is 4.96. The van der Waals surface area contributed by atoms with Gasteiger partial charge in [-0.2, -0.15) is 0 Å². The zero-order chi connectivity index (χ0) is 14.7. The third-order valence-corrected chi connectivity index (χ3v) is 4.41. The minimum absolute atomic E-state index is 0.0930. The molecule has 1 aliphatic carbocycles. The minimum atomic E-state index is -1.19. The Bertz CT molecular complexity index is 347. The first-order chi connectivity index (χ1) is 8.81. The number of amides is 1. The molecule has 0 aromatic carbocycles. The summed E-state index contributed by atoms with van der Waals surface area (Å²) in [5, 5.41) is 9.32. The van der Waals surface area contributed by atoms with Crippen LogP contribution < -0.4 is 5.73 Å². The number of carboxylic acid groups (broad SMARTS) is 1. The topological polar surface area (TPSA) is 83.6 Å². The van der Waals surface area contributed by atoms with Gasteiger partial charge in [0, 0.05) is 13.1 Å². The summed E-state index contributed by atoms with van der Waals surface area (Å²) in [6.07, 6.45) is 4.66. The maximum atomic E-state index is 12.8. The first-order valence-electron chi connectivity index (χ1n) is 7.07. The van der Waals surface area contributed by atoms with Crippen molar-refractivity contribution in [2.45, 2.75) is 58.4 Å². The van der Waals surface area contributed by atoms with Crippen LogP contribution >= 0.6 is 0 Å². The van der Waals surface area contributed by atoms with Crippen molar-refractivity contribution in [2.75, 3.05) is 13.1 Å². The Labute approximate surface area is 115 Å². The molecule has 19 heavy (non-hydrogen) atoms. The zero-order valence-electron chi connectivity index (χ0n) is 12.2. The van der Waals surface area contributed by atoms with E-state index in [0.29, 0.717) is 13.1 Å². The second-order valence-electron chi connectivity index (χ2n) is 5.96. The molecule has 0 bridgehead atoms. The van der Waals surface area contributed by atoms with Crippen molar-refractivity contribution in [3.05, 3.63) is 0 Å². The maximum absolute atomic E-state index is 12.8. The van der Waals surface area contributed by atoms with Gasteiger partial charge in [0.15, 0.2) is 0 Å². The van der Waals surface area contributed by atoms with Crippen molar-refractivity contribution >= 4 is 11.9 Å². The van der Waals surface area contributed by atoms with Crippen molar-refractivity contribution in [1.82, 2.24) is 4.90 Å². The summed E-state index contributed by atoms with van der Waals surface area (Å²) in [5.41, 5.74) is 4.11. The molecule has 0 aliphatic heterocycles. The van der Waals surface area contributed by atoms with Gasteiger partial charge in [-0.05, 0) is 33.6 Å². The van der Waals surface area contributed by atoms with Crippen LogP contribution in [0.25, 0.3) is 0 Å². The van der Waals surface area contributed by atoms with E-state index in [9.17, 15) is 14.7 Å². The Balaban J connectivity index is 3.03. The van der Waals surface area contributed by atoms with E-state index in [1.54, 1.807) is 13.8 Å². The highest BCUT2D eigenvalue weighted by Crippen LogP contribution is 2.38. The highest BCUT2D eigenvalue weighted by molar-refractivity contribution is 5.89. The molecule has 0 aromatic rings. The standard InChI is InChI=1S/C14H26N2O3/c1-4-16(13(2,3)12(18)19)11(17)14(10-15)8-6-5-7-9-14/h4-10,15H2,1-3H3,(H,18,19). The molecular weight excluding hydrogens is 244 g/mol. The molecule has 0 spiro atoms. The number of rotatable bonds is 5. The number of likely N-dealkylation sites (N-methyl/N-ethyl adjacent to an activating group) is 1. The molecule has 0 radical (unpaired) electrons. The average Bonchev–Trinajstić information content (AvgIpc) is 2.39. The smallest absolute Gasteiger partial charge is 0.329 e. The van der Waals surface area contributed by atoms with Crippen LogP contribution in [0.4, 0.5) is 0 Å². The highest BCUT2D eigenvalue weighted by atomic mass is 16.4. The van der Waals surface area contributed by atoms with Crippen molar-refractivity contribution in [1.29, 1.82) is 0 Å². The summed E-state index contributed by atoms with van der Waals surface area (Å²) >= 11 is 0. The van der Waals surface area contributed by atoms with Crippen LogP contribution in [0.3, 0.4) is 0 Å². The molecule has 0 saturated heterocycles. The van der Waals surface area contributed by atoms with Gasteiger partial charge in [-0.1, -0.05) is 19.3 Å². The largest absolute Gasteiger partial charge is 0.480 e. The average molecular weight is 270 g/mol. The Morgan fingerprint density at radius 2 is 1.79 bits per heavy atom. The third kappa shape index (κ3) is 2.91. The maximum Gasteiger partial charge on any atom is 0.329 e. The molecule has 0 atom stereocenters. The predicted octanol–water partition coefficient (Wildman–Crippen LogP) is 1.61. The van der Waals surface area contributed by atoms with Crippen LogP contribution in [0, 0.1) is 5.41 Å². The van der Waals surface area contributed by atoms with Crippen LogP contribution in [0.15, 0.2) is 0 Å². The van der Waals surface area contributed by atoms with Crippen LogP contribution in [0.5, 0.6) is 0 Å². The summed E-state index contributed by atoms with van der Waals surface area (Å²) in [4.78, 5) is 25.7. The van der Waals surface area contributed by atoms with E-state index in [2.05, 4.69) is 0 Å². The van der Waals surface area contributed by atoms with E-state index in [-0.39, 0.29) is 5.91 Å². The van der Waals surface area contributed by atoms with Gasteiger partial charge in [0.25, 0.3) is 0 Å². The van der Waals surface area contributed by atoms with E-state index in [1.807, 2.05) is 6.92 Å². The lowest BCUT2D eigenvalue weighted by atomic mass is 9.72. The fourth-order valence-electron chi connectivity index (χ4n) is 2.93. The molecule has 0 heterocycles. The van der Waals surface area contributed by atoms with Crippen LogP contribution in [0.2, 0.25) is 0 Å². The zero-order valence-corrected chi connectivity index (χ0v) is 12.2. The molecule has 1 amide bonds. The fraction of sp³-hybridized carbons (Fsp3) is 0.857. The molecule has 110 valence electrons. The summed E-state index contributed by atoms with van der Waals surface area (Å²) < 4.78 is 0. The first-order valence-corrected chi connectivity index (χ1v) is 7.07. The predicted molar refractivity (Wildman–Crippen MR) is 73.7 cm³/mol. The second-order valence-corrected chi connectivity index (χ2v) is 5.96. The van der Waals surface area contributed by atoms with Crippen LogP contribution in [-0.2, 0) is 9.59 Å². The van der Waals surface area contributed by atoms with Gasteiger partial charge in [0.1, 0.15) is 5.54 Å². The van der Waals surface area contributed by atoms with Crippen LogP contribution in [-0.4, -0.2) is 40.5 Å². The molecule has 0 unspecified atom stereocenters. The van der Waals surface area contributed by atoms with E-state index >= 15 is 0 Å². The lowest BCUT2D eigenvalue weighted by molar-refractivity contribution is -0.162. The van der Waals surface area contributed by atoms with Gasteiger partial charge in [0.05, 0.1) is 5.41 Å². The molecule has 1 rings (SSSR count). The number of hydrogen-bond donors (Lipinski definition) is 2. The number of carbonyl (C=O) groups excluding carboxylic acids is 1. The molecule has 5 nitrogen and oxygen atoms in total. The first kappa shape index (κ1) is 16.0. The van der Waals surface area contributed by atoms with Crippen molar-refractivity contribution in [3.63, 3.8) is 0 Å². The number of nitrogens with two attached hydrogens (primary N) is 1. The Morgan fingerprint density at radius 3 is 2.16 bits per heavy atom. The number of hydrogen-bond acceptors (Lipinski definition) is 3. The van der Waals surface area contributed by atoms with E-state index in [0.717, 1.165) is 32.1 Å². The number of carboxylic acids is 1. The second kappa shape index (κ2) is 5.90. The fourth-order valence-corrected chi connectivity index (χ4v) is 2.93. The molecule has 0 aromatic heterocycles. The van der Waals surface area contributed by atoms with Crippen molar-refractivity contribution in [2.24, 2.45) is 11.1 Å². The van der Waals surface area contributed by atoms with E-state index in [4.69, 9.17) is 5.73 Å². The van der Waals surface area contributed by atoms with Crippen LogP contribution in [0.1, 0.15) is 52.9 Å². The highest BCUT2D eigenvalue weighted by Gasteiger charge is 2.46. The quantitative estimate of drug-likeness (QED) is 0.795. The molecular formula is C14H26N2O3. The summed E-state index contributed by atoms with van der Waals surface area (Å²) in [6.45, 7) is 5.65. The van der Waals surface area contributed by atoms with Gasteiger partial charge < -0.3 is 15.7 Å². The molecule has 3 N–H and O–H groups in total. The molecule has 1 aliphatic rings. The van der Waals surface area contributed by atoms with Gasteiger partial charge >= 0.3 is 5.97 Å².